The molecule has 0 aliphatic carbocycles. The number of carbonyl (C=O) groups is 1. The van der Waals surface area contributed by atoms with Gasteiger partial charge in [-0.1, -0.05) is 30.3 Å². The van der Waals surface area contributed by atoms with E-state index in [0.717, 1.165) is 10.8 Å². The van der Waals surface area contributed by atoms with Gasteiger partial charge in [-0.3, -0.25) is 4.79 Å². The second kappa shape index (κ2) is 6.26. The number of carbonyl (C=O) groups excluding carboxylic acids is 1. The number of nitrogens with zero attached hydrogens (tertiary/aromatic N) is 1. The normalized spacial score (nSPS) is 10.5. The highest BCUT2D eigenvalue weighted by Gasteiger charge is 2.12. The van der Waals surface area contributed by atoms with Crippen LogP contribution in [0.25, 0.3) is 10.8 Å². The molecule has 4 heteroatoms. The molecule has 1 aromatic heterocycles. The Morgan fingerprint density at radius 1 is 1.00 bits per heavy atom. The van der Waals surface area contributed by atoms with Gasteiger partial charge in [0.05, 0.1) is 12.1 Å². The van der Waals surface area contributed by atoms with Crippen LogP contribution in [0.2, 0.25) is 0 Å². The monoisotopic (exact) mass is 293 g/mol. The maximum absolute atomic E-state index is 12.2. The van der Waals surface area contributed by atoms with Crippen molar-refractivity contribution in [3.8, 4) is 5.75 Å². The molecule has 0 saturated carbocycles. The van der Waals surface area contributed by atoms with Crippen LogP contribution in [0.15, 0.2) is 67.0 Å². The SMILES string of the molecule is O=C(NCC[n+]1ccccc1)c1cc2ccccc2cc1O. The van der Waals surface area contributed by atoms with Gasteiger partial charge in [0, 0.05) is 12.1 Å². The summed E-state index contributed by atoms with van der Waals surface area (Å²) in [5.74, 6) is -0.261. The number of phenolic OH excluding ortho intramolecular Hbond substituents is 1. The third-order valence-corrected chi connectivity index (χ3v) is 3.54. The molecule has 110 valence electrons. The first kappa shape index (κ1) is 14.1. The third kappa shape index (κ3) is 3.06. The second-order valence-corrected chi connectivity index (χ2v) is 5.09. The molecule has 0 fully saturated rings. The molecule has 22 heavy (non-hydrogen) atoms. The summed E-state index contributed by atoms with van der Waals surface area (Å²) in [5.41, 5.74) is 0.303. The van der Waals surface area contributed by atoms with E-state index in [-0.39, 0.29) is 11.7 Å². The van der Waals surface area contributed by atoms with E-state index >= 15 is 0 Å². The lowest BCUT2D eigenvalue weighted by Crippen LogP contribution is -2.39. The van der Waals surface area contributed by atoms with Crippen molar-refractivity contribution in [1.29, 1.82) is 0 Å². The second-order valence-electron chi connectivity index (χ2n) is 5.09. The summed E-state index contributed by atoms with van der Waals surface area (Å²) in [6.07, 6.45) is 3.89. The lowest BCUT2D eigenvalue weighted by molar-refractivity contribution is -0.694. The van der Waals surface area contributed by atoms with Gasteiger partial charge in [-0.2, -0.15) is 0 Å². The predicted molar refractivity (Wildman–Crippen MR) is 84.6 cm³/mol. The van der Waals surface area contributed by atoms with Crippen LogP contribution in [0.1, 0.15) is 10.4 Å². The molecule has 3 rings (SSSR count). The molecule has 0 unspecified atom stereocenters. The molecule has 0 spiro atoms. The van der Waals surface area contributed by atoms with Crippen LogP contribution in [0.3, 0.4) is 0 Å². The summed E-state index contributed by atoms with van der Waals surface area (Å²) in [7, 11) is 0. The molecule has 2 N–H and O–H groups in total. The fourth-order valence-corrected chi connectivity index (χ4v) is 2.39. The van der Waals surface area contributed by atoms with Crippen LogP contribution < -0.4 is 9.88 Å². The van der Waals surface area contributed by atoms with Crippen LogP contribution in [0.5, 0.6) is 5.75 Å². The van der Waals surface area contributed by atoms with Crippen LogP contribution in [-0.4, -0.2) is 17.6 Å². The van der Waals surface area contributed by atoms with Crippen LogP contribution in [-0.2, 0) is 6.54 Å². The molecule has 0 saturated heterocycles. The Labute approximate surface area is 128 Å². The standard InChI is InChI=1S/C18H16N2O2/c21-17-13-15-7-3-2-6-14(15)12-16(17)18(22)19-8-11-20-9-4-1-5-10-20/h1-7,9-10,12-13H,8,11H2,(H-,19,21,22)/p+1. The van der Waals surface area contributed by atoms with Gasteiger partial charge in [0.15, 0.2) is 18.9 Å². The van der Waals surface area contributed by atoms with Gasteiger partial charge >= 0.3 is 0 Å². The zero-order valence-electron chi connectivity index (χ0n) is 12.1. The van der Waals surface area contributed by atoms with E-state index in [1.54, 1.807) is 12.1 Å². The number of phenols is 1. The first-order valence-corrected chi connectivity index (χ1v) is 7.18. The highest BCUT2D eigenvalue weighted by Crippen LogP contribution is 2.24. The molecule has 3 aromatic rings. The third-order valence-electron chi connectivity index (χ3n) is 3.54. The average molecular weight is 293 g/mol. The van der Waals surface area contributed by atoms with Gasteiger partial charge in [-0.25, -0.2) is 4.57 Å². The van der Waals surface area contributed by atoms with E-state index in [2.05, 4.69) is 5.32 Å². The minimum absolute atomic E-state index is 0.00330. The zero-order valence-corrected chi connectivity index (χ0v) is 12.1. The maximum atomic E-state index is 12.2. The van der Waals surface area contributed by atoms with Crippen molar-refractivity contribution in [2.75, 3.05) is 6.54 Å². The summed E-state index contributed by atoms with van der Waals surface area (Å²) < 4.78 is 1.99. The van der Waals surface area contributed by atoms with Crippen LogP contribution in [0, 0.1) is 0 Å². The largest absolute Gasteiger partial charge is 0.507 e. The fraction of sp³-hybridized carbons (Fsp3) is 0.111. The number of hydrogen-bond donors (Lipinski definition) is 2. The van der Waals surface area contributed by atoms with Gasteiger partial charge in [-0.05, 0) is 22.9 Å². The lowest BCUT2D eigenvalue weighted by Gasteiger charge is -2.07. The van der Waals surface area contributed by atoms with Crippen molar-refractivity contribution in [2.24, 2.45) is 0 Å². The molecule has 0 bridgehead atoms. The van der Waals surface area contributed by atoms with E-state index in [4.69, 9.17) is 0 Å². The van der Waals surface area contributed by atoms with Crippen molar-refractivity contribution >= 4 is 16.7 Å². The molecular weight excluding hydrogens is 276 g/mol. The summed E-state index contributed by atoms with van der Waals surface area (Å²) in [6.45, 7) is 1.18. The zero-order chi connectivity index (χ0) is 15.4. The van der Waals surface area contributed by atoms with Crippen molar-refractivity contribution in [1.82, 2.24) is 5.32 Å². The Balaban J connectivity index is 1.71. The number of aromatic nitrogens is 1. The molecule has 0 radical (unpaired) electrons. The van der Waals surface area contributed by atoms with Crippen LogP contribution >= 0.6 is 0 Å². The minimum Gasteiger partial charge on any atom is -0.507 e. The topological polar surface area (TPSA) is 53.2 Å². The van der Waals surface area contributed by atoms with E-state index in [0.29, 0.717) is 18.7 Å². The Hall–Kier alpha value is -2.88. The first-order valence-electron chi connectivity index (χ1n) is 7.18. The Morgan fingerprint density at radius 3 is 2.41 bits per heavy atom. The summed E-state index contributed by atoms with van der Waals surface area (Å²) in [6, 6.07) is 16.8. The highest BCUT2D eigenvalue weighted by atomic mass is 16.3. The van der Waals surface area contributed by atoms with E-state index in [9.17, 15) is 9.90 Å². The Morgan fingerprint density at radius 2 is 1.68 bits per heavy atom. The average Bonchev–Trinajstić information content (AvgIpc) is 2.55. The van der Waals surface area contributed by atoms with Crippen LogP contribution in [0.4, 0.5) is 0 Å². The van der Waals surface area contributed by atoms with Gasteiger partial charge in [0.25, 0.3) is 5.91 Å². The first-order chi connectivity index (χ1) is 10.7. The smallest absolute Gasteiger partial charge is 0.255 e. The van der Waals surface area contributed by atoms with Gasteiger partial charge in [-0.15, -0.1) is 0 Å². The summed E-state index contributed by atoms with van der Waals surface area (Å²) >= 11 is 0. The number of amides is 1. The lowest BCUT2D eigenvalue weighted by atomic mass is 10.1. The number of rotatable bonds is 4. The fourth-order valence-electron chi connectivity index (χ4n) is 2.39. The quantitative estimate of drug-likeness (QED) is 0.725. The number of aromatic hydroxyl groups is 1. The molecule has 1 heterocycles. The maximum Gasteiger partial charge on any atom is 0.255 e. The number of nitrogens with one attached hydrogen (secondary N) is 1. The molecular formula is C18H17N2O2+. The van der Waals surface area contributed by atoms with E-state index < -0.39 is 0 Å². The predicted octanol–water partition coefficient (Wildman–Crippen LogP) is 2.26. The van der Waals surface area contributed by atoms with Crippen molar-refractivity contribution in [3.63, 3.8) is 0 Å². The van der Waals surface area contributed by atoms with E-state index in [1.165, 1.54) is 0 Å². The number of hydrogen-bond acceptors (Lipinski definition) is 2. The van der Waals surface area contributed by atoms with Gasteiger partial charge in [0.2, 0.25) is 0 Å². The molecule has 2 aromatic carbocycles. The Kier molecular flexibility index (Phi) is 4.01. The highest BCUT2D eigenvalue weighted by molar-refractivity contribution is 6.01. The summed E-state index contributed by atoms with van der Waals surface area (Å²) in [5, 5.41) is 14.7. The summed E-state index contributed by atoms with van der Waals surface area (Å²) in [4.78, 5) is 12.2. The molecule has 1 amide bonds. The van der Waals surface area contributed by atoms with Gasteiger partial charge in [0.1, 0.15) is 5.75 Å². The molecule has 4 nitrogen and oxygen atoms in total. The molecule has 0 aliphatic rings. The van der Waals surface area contributed by atoms with Gasteiger partial charge < -0.3 is 10.4 Å². The van der Waals surface area contributed by atoms with Crippen molar-refractivity contribution in [3.05, 3.63) is 72.6 Å². The van der Waals surface area contributed by atoms with Crippen molar-refractivity contribution < 1.29 is 14.5 Å². The van der Waals surface area contributed by atoms with E-state index in [1.807, 2.05) is 59.4 Å². The van der Waals surface area contributed by atoms with Crippen molar-refractivity contribution in [2.45, 2.75) is 6.54 Å². The minimum atomic E-state index is -0.264. The number of benzene rings is 2. The number of fused-ring (bicyclic) bond motifs is 1. The number of pyridine rings is 1. The Bertz CT molecular complexity index is 801. The molecule has 0 aliphatic heterocycles. The molecule has 0 atom stereocenters.